The van der Waals surface area contributed by atoms with Crippen molar-refractivity contribution >= 4 is 21.6 Å². The molecule has 2 rings (SSSR count). The van der Waals surface area contributed by atoms with E-state index in [1.807, 2.05) is 43.3 Å². The summed E-state index contributed by atoms with van der Waals surface area (Å²) in [7, 11) is -3.55. The highest BCUT2D eigenvalue weighted by Gasteiger charge is 2.19. The first-order chi connectivity index (χ1) is 10.0. The van der Waals surface area contributed by atoms with Crippen molar-refractivity contribution in [1.29, 1.82) is 0 Å². The average Bonchev–Trinajstić information content (AvgIpc) is 2.47. The van der Waals surface area contributed by atoms with Crippen LogP contribution in [-0.2, 0) is 16.4 Å². The standard InChI is InChI=1S/C16H18ClNO2S/c1-13-6-5-9-16(10-13)21(19,20)18-15(12-17)11-14-7-3-2-4-8-14/h2-10,15,18H,11-12H2,1H3/t15-/m0/s1. The third-order valence-electron chi connectivity index (χ3n) is 3.13. The maximum absolute atomic E-state index is 12.4. The Morgan fingerprint density at radius 1 is 1.10 bits per heavy atom. The quantitative estimate of drug-likeness (QED) is 0.830. The average molecular weight is 324 g/mol. The monoisotopic (exact) mass is 323 g/mol. The number of benzene rings is 2. The number of hydrogen-bond acceptors (Lipinski definition) is 2. The lowest BCUT2D eigenvalue weighted by Gasteiger charge is -2.16. The molecule has 1 N–H and O–H groups in total. The molecule has 5 heteroatoms. The van der Waals surface area contributed by atoms with E-state index in [1.54, 1.807) is 18.2 Å². The number of sulfonamides is 1. The number of nitrogens with one attached hydrogen (secondary N) is 1. The molecular formula is C16H18ClNO2S. The van der Waals surface area contributed by atoms with E-state index in [1.165, 1.54) is 0 Å². The molecule has 0 heterocycles. The van der Waals surface area contributed by atoms with Crippen molar-refractivity contribution in [2.75, 3.05) is 5.88 Å². The van der Waals surface area contributed by atoms with Crippen molar-refractivity contribution in [2.24, 2.45) is 0 Å². The first-order valence-corrected chi connectivity index (χ1v) is 8.72. The van der Waals surface area contributed by atoms with Crippen LogP contribution in [-0.4, -0.2) is 20.3 Å². The molecule has 0 fully saturated rings. The van der Waals surface area contributed by atoms with Gasteiger partial charge in [0.25, 0.3) is 0 Å². The predicted molar refractivity (Wildman–Crippen MR) is 86.2 cm³/mol. The molecule has 112 valence electrons. The van der Waals surface area contributed by atoms with Gasteiger partial charge in [-0.3, -0.25) is 0 Å². The third kappa shape index (κ3) is 4.56. The highest BCUT2D eigenvalue weighted by atomic mass is 35.5. The second-order valence-electron chi connectivity index (χ2n) is 4.98. The number of hydrogen-bond donors (Lipinski definition) is 1. The third-order valence-corrected chi connectivity index (χ3v) is 5.02. The van der Waals surface area contributed by atoms with Crippen molar-refractivity contribution in [2.45, 2.75) is 24.3 Å². The van der Waals surface area contributed by atoms with E-state index < -0.39 is 10.0 Å². The molecule has 0 amide bonds. The summed E-state index contributed by atoms with van der Waals surface area (Å²) in [5, 5.41) is 0. The topological polar surface area (TPSA) is 46.2 Å². The molecule has 2 aromatic rings. The molecule has 0 aliphatic heterocycles. The molecule has 1 atom stereocenters. The van der Waals surface area contributed by atoms with Crippen LogP contribution in [0.2, 0.25) is 0 Å². The summed E-state index contributed by atoms with van der Waals surface area (Å²) < 4.78 is 27.4. The van der Waals surface area contributed by atoms with Crippen LogP contribution < -0.4 is 4.72 Å². The fourth-order valence-electron chi connectivity index (χ4n) is 2.10. The second-order valence-corrected chi connectivity index (χ2v) is 7.00. The lowest BCUT2D eigenvalue weighted by atomic mass is 10.1. The summed E-state index contributed by atoms with van der Waals surface area (Å²) in [6, 6.07) is 16.2. The SMILES string of the molecule is Cc1cccc(S(=O)(=O)N[C@H](CCl)Cc2ccccc2)c1. The lowest BCUT2D eigenvalue weighted by molar-refractivity contribution is 0.561. The molecule has 0 aliphatic carbocycles. The summed E-state index contributed by atoms with van der Waals surface area (Å²) in [6.07, 6.45) is 0.565. The summed E-state index contributed by atoms with van der Waals surface area (Å²) in [6.45, 7) is 1.86. The molecule has 3 nitrogen and oxygen atoms in total. The zero-order valence-corrected chi connectivity index (χ0v) is 13.4. The number of alkyl halides is 1. The van der Waals surface area contributed by atoms with Crippen LogP contribution in [0, 0.1) is 6.92 Å². The van der Waals surface area contributed by atoms with Crippen LogP contribution >= 0.6 is 11.6 Å². The van der Waals surface area contributed by atoms with Crippen LogP contribution in [0.15, 0.2) is 59.5 Å². The largest absolute Gasteiger partial charge is 0.240 e. The van der Waals surface area contributed by atoms with Crippen molar-refractivity contribution in [3.05, 3.63) is 65.7 Å². The van der Waals surface area contributed by atoms with Gasteiger partial charge in [-0.25, -0.2) is 13.1 Å². The molecule has 0 unspecified atom stereocenters. The summed E-state index contributed by atoms with van der Waals surface area (Å²) in [4.78, 5) is 0.269. The fraction of sp³-hybridized carbons (Fsp3) is 0.250. The van der Waals surface area contributed by atoms with Gasteiger partial charge in [-0.2, -0.15) is 0 Å². The van der Waals surface area contributed by atoms with Gasteiger partial charge in [0.1, 0.15) is 0 Å². The van der Waals surface area contributed by atoms with E-state index in [9.17, 15) is 8.42 Å². The predicted octanol–water partition coefficient (Wildman–Crippen LogP) is 3.12. The Bertz CT molecular complexity index is 686. The lowest BCUT2D eigenvalue weighted by Crippen LogP contribution is -2.37. The number of rotatable bonds is 6. The van der Waals surface area contributed by atoms with E-state index in [4.69, 9.17) is 11.6 Å². The Morgan fingerprint density at radius 2 is 1.81 bits per heavy atom. The van der Waals surface area contributed by atoms with Gasteiger partial charge in [0, 0.05) is 11.9 Å². The molecule has 0 saturated heterocycles. The summed E-state index contributed by atoms with van der Waals surface area (Å²) >= 11 is 5.92. The zero-order valence-electron chi connectivity index (χ0n) is 11.8. The van der Waals surface area contributed by atoms with E-state index in [-0.39, 0.29) is 16.8 Å². The Kier molecular flexibility index (Phi) is 5.39. The smallest absolute Gasteiger partial charge is 0.207 e. The number of halogens is 1. The molecule has 0 spiro atoms. The molecule has 2 aromatic carbocycles. The van der Waals surface area contributed by atoms with Crippen LogP contribution in [0.3, 0.4) is 0 Å². The molecule has 0 saturated carbocycles. The molecule has 0 aromatic heterocycles. The van der Waals surface area contributed by atoms with Crippen molar-refractivity contribution in [3.8, 4) is 0 Å². The summed E-state index contributed by atoms with van der Waals surface area (Å²) in [5.74, 6) is 0.222. The molecular weight excluding hydrogens is 306 g/mol. The highest BCUT2D eigenvalue weighted by molar-refractivity contribution is 7.89. The Labute approximate surface area is 131 Å². The van der Waals surface area contributed by atoms with Crippen LogP contribution in [0.4, 0.5) is 0 Å². The molecule has 0 bridgehead atoms. The van der Waals surface area contributed by atoms with Gasteiger partial charge >= 0.3 is 0 Å². The van der Waals surface area contributed by atoms with Gasteiger partial charge in [-0.15, -0.1) is 11.6 Å². The van der Waals surface area contributed by atoms with E-state index in [0.717, 1.165) is 11.1 Å². The first kappa shape index (κ1) is 16.0. The van der Waals surface area contributed by atoms with E-state index >= 15 is 0 Å². The molecule has 21 heavy (non-hydrogen) atoms. The normalized spacial score (nSPS) is 13.0. The number of aryl methyl sites for hydroxylation is 1. The van der Waals surface area contributed by atoms with Gasteiger partial charge < -0.3 is 0 Å². The molecule has 0 radical (unpaired) electrons. The Balaban J connectivity index is 2.14. The van der Waals surface area contributed by atoms with Crippen LogP contribution in [0.5, 0.6) is 0 Å². The van der Waals surface area contributed by atoms with Crippen molar-refractivity contribution in [1.82, 2.24) is 4.72 Å². The van der Waals surface area contributed by atoms with Gasteiger partial charge in [-0.05, 0) is 36.6 Å². The van der Waals surface area contributed by atoms with Gasteiger partial charge in [0.2, 0.25) is 10.0 Å². The van der Waals surface area contributed by atoms with Gasteiger partial charge in [0.15, 0.2) is 0 Å². The maximum Gasteiger partial charge on any atom is 0.240 e. The van der Waals surface area contributed by atoms with Crippen molar-refractivity contribution in [3.63, 3.8) is 0 Å². The van der Waals surface area contributed by atoms with Crippen molar-refractivity contribution < 1.29 is 8.42 Å². The second kappa shape index (κ2) is 7.07. The summed E-state index contributed by atoms with van der Waals surface area (Å²) in [5.41, 5.74) is 1.96. The molecule has 0 aliphatic rings. The van der Waals surface area contributed by atoms with E-state index in [0.29, 0.717) is 6.42 Å². The van der Waals surface area contributed by atoms with Crippen LogP contribution in [0.1, 0.15) is 11.1 Å². The van der Waals surface area contributed by atoms with Gasteiger partial charge in [-0.1, -0.05) is 42.5 Å². The minimum Gasteiger partial charge on any atom is -0.207 e. The van der Waals surface area contributed by atoms with Gasteiger partial charge in [0.05, 0.1) is 4.90 Å². The Hall–Kier alpha value is -1.36. The van der Waals surface area contributed by atoms with E-state index in [2.05, 4.69) is 4.72 Å². The maximum atomic E-state index is 12.4. The first-order valence-electron chi connectivity index (χ1n) is 6.70. The Morgan fingerprint density at radius 3 is 2.43 bits per heavy atom. The minimum atomic E-state index is -3.55. The van der Waals surface area contributed by atoms with Crippen LogP contribution in [0.25, 0.3) is 0 Å². The fourth-order valence-corrected chi connectivity index (χ4v) is 3.71. The highest BCUT2D eigenvalue weighted by Crippen LogP contribution is 2.13. The minimum absolute atomic E-state index is 0.222. The zero-order chi connectivity index (χ0) is 15.3.